The SMILES string of the molecule is CC(C)(c1ccc(OC[C@H](O)CCl)cc1)c1ccc(OC[C@@H](O)CCl)cc1. The van der Waals surface area contributed by atoms with Gasteiger partial charge in [-0.2, -0.15) is 0 Å². The van der Waals surface area contributed by atoms with Crippen LogP contribution < -0.4 is 9.47 Å². The smallest absolute Gasteiger partial charge is 0.119 e. The Morgan fingerprint density at radius 1 is 0.741 bits per heavy atom. The summed E-state index contributed by atoms with van der Waals surface area (Å²) in [5.74, 6) is 1.69. The summed E-state index contributed by atoms with van der Waals surface area (Å²) in [7, 11) is 0. The Labute approximate surface area is 170 Å². The molecule has 0 radical (unpaired) electrons. The van der Waals surface area contributed by atoms with Crippen molar-refractivity contribution >= 4 is 23.2 Å². The zero-order chi connectivity index (χ0) is 19.9. The van der Waals surface area contributed by atoms with E-state index in [0.717, 1.165) is 11.1 Å². The molecule has 2 N–H and O–H groups in total. The Bertz CT molecular complexity index is 627. The highest BCUT2D eigenvalue weighted by Gasteiger charge is 2.23. The van der Waals surface area contributed by atoms with E-state index in [-0.39, 0.29) is 30.4 Å². The second-order valence-electron chi connectivity index (χ2n) is 6.91. The molecule has 0 saturated carbocycles. The van der Waals surface area contributed by atoms with Crippen molar-refractivity contribution < 1.29 is 19.7 Å². The predicted octanol–water partition coefficient (Wildman–Crippen LogP) is 3.97. The van der Waals surface area contributed by atoms with Crippen LogP contribution in [0.3, 0.4) is 0 Å². The molecule has 0 saturated heterocycles. The van der Waals surface area contributed by atoms with Crippen molar-refractivity contribution in [3.05, 3.63) is 59.7 Å². The Balaban J connectivity index is 2.04. The Hall–Kier alpha value is -1.46. The van der Waals surface area contributed by atoms with E-state index < -0.39 is 12.2 Å². The third kappa shape index (κ3) is 6.28. The number of hydrogen-bond acceptors (Lipinski definition) is 4. The molecule has 0 bridgehead atoms. The van der Waals surface area contributed by atoms with Crippen LogP contribution in [-0.2, 0) is 5.41 Å². The van der Waals surface area contributed by atoms with E-state index in [0.29, 0.717) is 11.5 Å². The number of rotatable bonds is 10. The fourth-order valence-electron chi connectivity index (χ4n) is 2.58. The summed E-state index contributed by atoms with van der Waals surface area (Å²) in [5, 5.41) is 18.9. The number of aliphatic hydroxyl groups excluding tert-OH is 2. The quantitative estimate of drug-likeness (QED) is 0.579. The number of ether oxygens (including phenoxy) is 2. The number of benzene rings is 2. The first-order valence-electron chi connectivity index (χ1n) is 8.81. The minimum absolute atomic E-state index is 0.148. The van der Waals surface area contributed by atoms with Crippen LogP contribution in [0.25, 0.3) is 0 Å². The topological polar surface area (TPSA) is 58.9 Å². The number of hydrogen-bond donors (Lipinski definition) is 2. The lowest BCUT2D eigenvalue weighted by molar-refractivity contribution is 0.125. The molecule has 0 fully saturated rings. The van der Waals surface area contributed by atoms with Crippen LogP contribution in [0.1, 0.15) is 25.0 Å². The molecule has 0 amide bonds. The first-order chi connectivity index (χ1) is 12.9. The molecule has 2 aromatic rings. The standard InChI is InChI=1S/C21H26Cl2O4/c1-21(2,15-3-7-19(8-4-15)26-13-17(24)11-22)16-5-9-20(10-6-16)27-14-18(25)12-23/h3-10,17-18,24-25H,11-14H2,1-2H3/t17-,18+. The number of aliphatic hydroxyl groups is 2. The molecule has 2 aromatic carbocycles. The lowest BCUT2D eigenvalue weighted by Crippen LogP contribution is -2.20. The van der Waals surface area contributed by atoms with Gasteiger partial charge in [0.25, 0.3) is 0 Å². The van der Waals surface area contributed by atoms with Crippen molar-refractivity contribution in [2.24, 2.45) is 0 Å². The fraction of sp³-hybridized carbons (Fsp3) is 0.429. The van der Waals surface area contributed by atoms with Crippen LogP contribution in [0.5, 0.6) is 11.5 Å². The zero-order valence-corrected chi connectivity index (χ0v) is 17.1. The van der Waals surface area contributed by atoms with Gasteiger partial charge in [-0.05, 0) is 35.4 Å². The van der Waals surface area contributed by atoms with E-state index in [9.17, 15) is 10.2 Å². The number of halogens is 2. The van der Waals surface area contributed by atoms with E-state index in [1.807, 2.05) is 48.5 Å². The first-order valence-corrected chi connectivity index (χ1v) is 9.88. The summed E-state index contributed by atoms with van der Waals surface area (Å²) in [6, 6.07) is 15.6. The molecule has 148 valence electrons. The van der Waals surface area contributed by atoms with E-state index in [4.69, 9.17) is 32.7 Å². The summed E-state index contributed by atoms with van der Waals surface area (Å²) in [6.07, 6.45) is -1.34. The van der Waals surface area contributed by atoms with Crippen molar-refractivity contribution in [2.45, 2.75) is 31.5 Å². The molecule has 0 aliphatic carbocycles. The lowest BCUT2D eigenvalue weighted by atomic mass is 9.78. The van der Waals surface area contributed by atoms with E-state index in [2.05, 4.69) is 13.8 Å². The Morgan fingerprint density at radius 3 is 1.37 bits per heavy atom. The van der Waals surface area contributed by atoms with Gasteiger partial charge in [0.2, 0.25) is 0 Å². The van der Waals surface area contributed by atoms with E-state index in [1.54, 1.807) is 0 Å². The highest BCUT2D eigenvalue weighted by molar-refractivity contribution is 6.18. The van der Waals surface area contributed by atoms with Crippen LogP contribution in [-0.4, -0.2) is 47.4 Å². The third-order valence-corrected chi connectivity index (χ3v) is 5.11. The van der Waals surface area contributed by atoms with Crippen LogP contribution in [0, 0.1) is 0 Å². The fourth-order valence-corrected chi connectivity index (χ4v) is 2.75. The monoisotopic (exact) mass is 412 g/mol. The van der Waals surface area contributed by atoms with Gasteiger partial charge in [-0.1, -0.05) is 38.1 Å². The molecule has 0 aliphatic rings. The maximum atomic E-state index is 9.47. The zero-order valence-electron chi connectivity index (χ0n) is 15.6. The van der Waals surface area contributed by atoms with Crippen molar-refractivity contribution in [3.63, 3.8) is 0 Å². The first kappa shape index (κ1) is 21.8. The molecule has 4 nitrogen and oxygen atoms in total. The van der Waals surface area contributed by atoms with Gasteiger partial charge >= 0.3 is 0 Å². The van der Waals surface area contributed by atoms with Crippen LogP contribution in [0.4, 0.5) is 0 Å². The van der Waals surface area contributed by atoms with Crippen molar-refractivity contribution in [1.82, 2.24) is 0 Å². The van der Waals surface area contributed by atoms with Gasteiger partial charge in [-0.15, -0.1) is 23.2 Å². The Kier molecular flexibility index (Phi) is 8.24. The highest BCUT2D eigenvalue weighted by Crippen LogP contribution is 2.33. The van der Waals surface area contributed by atoms with Gasteiger partial charge in [0.1, 0.15) is 36.9 Å². The molecule has 27 heavy (non-hydrogen) atoms. The van der Waals surface area contributed by atoms with Crippen molar-refractivity contribution in [1.29, 1.82) is 0 Å². The third-order valence-electron chi connectivity index (χ3n) is 4.39. The second kappa shape index (κ2) is 10.2. The van der Waals surface area contributed by atoms with E-state index >= 15 is 0 Å². The molecule has 6 heteroatoms. The molecule has 0 aliphatic heterocycles. The average Bonchev–Trinajstić information content (AvgIpc) is 2.70. The van der Waals surface area contributed by atoms with Gasteiger partial charge in [0.15, 0.2) is 0 Å². The molecule has 0 heterocycles. The Morgan fingerprint density at radius 2 is 1.07 bits per heavy atom. The summed E-state index contributed by atoms with van der Waals surface area (Å²) in [5.41, 5.74) is 2.07. The van der Waals surface area contributed by atoms with E-state index in [1.165, 1.54) is 0 Å². The maximum Gasteiger partial charge on any atom is 0.119 e. The molecule has 0 aromatic heterocycles. The van der Waals surface area contributed by atoms with Gasteiger partial charge in [0.05, 0.1) is 11.8 Å². The van der Waals surface area contributed by atoms with Gasteiger partial charge < -0.3 is 19.7 Å². The normalized spacial score (nSPS) is 13.9. The molecule has 0 spiro atoms. The van der Waals surface area contributed by atoms with Crippen LogP contribution >= 0.6 is 23.2 Å². The molecule has 2 atom stereocenters. The molecule has 2 rings (SSSR count). The van der Waals surface area contributed by atoms with Crippen LogP contribution in [0.15, 0.2) is 48.5 Å². The van der Waals surface area contributed by atoms with Crippen molar-refractivity contribution in [2.75, 3.05) is 25.0 Å². The minimum atomic E-state index is -0.672. The summed E-state index contributed by atoms with van der Waals surface area (Å²) in [4.78, 5) is 0. The second-order valence-corrected chi connectivity index (χ2v) is 7.53. The number of alkyl halides is 2. The van der Waals surface area contributed by atoms with Gasteiger partial charge in [-0.3, -0.25) is 0 Å². The summed E-state index contributed by atoms with van der Waals surface area (Å²) in [6.45, 7) is 4.64. The summed E-state index contributed by atoms with van der Waals surface area (Å²) >= 11 is 11.1. The molecule has 0 unspecified atom stereocenters. The maximum absolute atomic E-state index is 9.47. The minimum Gasteiger partial charge on any atom is -0.491 e. The lowest BCUT2D eigenvalue weighted by Gasteiger charge is -2.26. The highest BCUT2D eigenvalue weighted by atomic mass is 35.5. The molecular formula is C21H26Cl2O4. The molecular weight excluding hydrogens is 387 g/mol. The predicted molar refractivity (Wildman–Crippen MR) is 109 cm³/mol. The van der Waals surface area contributed by atoms with Crippen LogP contribution in [0.2, 0.25) is 0 Å². The average molecular weight is 413 g/mol. The van der Waals surface area contributed by atoms with Crippen molar-refractivity contribution in [3.8, 4) is 11.5 Å². The van der Waals surface area contributed by atoms with Gasteiger partial charge in [0, 0.05) is 5.41 Å². The largest absolute Gasteiger partial charge is 0.491 e. The summed E-state index contributed by atoms with van der Waals surface area (Å²) < 4.78 is 11.0. The van der Waals surface area contributed by atoms with Gasteiger partial charge in [-0.25, -0.2) is 0 Å².